The molecule has 0 spiro atoms. The molecule has 0 saturated carbocycles. The first-order valence-electron chi connectivity index (χ1n) is 3.77. The van der Waals surface area contributed by atoms with Crippen LogP contribution in [0, 0.1) is 0 Å². The third kappa shape index (κ3) is 2.17. The Hall–Kier alpha value is -1.59. The molecule has 2 N–H and O–H groups in total. The maximum atomic E-state index is 11.3. The summed E-state index contributed by atoms with van der Waals surface area (Å²) in [6, 6.07) is -0.913. The zero-order valence-corrected chi connectivity index (χ0v) is 7.11. The molecule has 2 amide bonds. The van der Waals surface area contributed by atoms with Crippen LogP contribution in [0.4, 0.5) is 0 Å². The Morgan fingerprint density at radius 2 is 2.31 bits per heavy atom. The average molecular weight is 186 g/mol. The Bertz CT molecular complexity index is 261. The van der Waals surface area contributed by atoms with Gasteiger partial charge in [0.15, 0.2) is 0 Å². The van der Waals surface area contributed by atoms with Crippen molar-refractivity contribution in [2.24, 2.45) is 0 Å². The van der Waals surface area contributed by atoms with Crippen molar-refractivity contribution in [3.05, 3.63) is 0 Å². The minimum atomic E-state index is -1.10. The molecule has 0 unspecified atom stereocenters. The quantitative estimate of drug-likeness (QED) is 0.544. The van der Waals surface area contributed by atoms with Crippen molar-refractivity contribution >= 4 is 17.8 Å². The Kier molecular flexibility index (Phi) is 2.50. The van der Waals surface area contributed by atoms with Crippen molar-refractivity contribution in [1.82, 2.24) is 10.2 Å². The molecule has 6 nitrogen and oxygen atoms in total. The summed E-state index contributed by atoms with van der Waals surface area (Å²) in [5, 5.41) is 10.8. The number of carbonyl (C=O) groups is 3. The van der Waals surface area contributed by atoms with Gasteiger partial charge in [-0.1, -0.05) is 0 Å². The molecular weight excluding hydrogens is 176 g/mol. The summed E-state index contributed by atoms with van der Waals surface area (Å²) in [6.45, 7) is -0.00501. The van der Waals surface area contributed by atoms with Gasteiger partial charge in [0, 0.05) is 7.05 Å². The molecule has 1 aliphatic rings. The molecule has 0 aliphatic carbocycles. The minimum absolute atomic E-state index is 0.00501. The van der Waals surface area contributed by atoms with E-state index in [1.165, 1.54) is 11.9 Å². The van der Waals surface area contributed by atoms with E-state index in [0.717, 1.165) is 0 Å². The van der Waals surface area contributed by atoms with Gasteiger partial charge in [0.25, 0.3) is 0 Å². The second-order valence-corrected chi connectivity index (χ2v) is 2.91. The molecule has 0 aromatic carbocycles. The average Bonchev–Trinajstić information content (AvgIpc) is 1.98. The fourth-order valence-electron chi connectivity index (χ4n) is 1.17. The molecule has 0 bridgehead atoms. The Morgan fingerprint density at radius 1 is 1.69 bits per heavy atom. The van der Waals surface area contributed by atoms with Gasteiger partial charge in [-0.2, -0.15) is 0 Å². The third-order valence-electron chi connectivity index (χ3n) is 1.77. The van der Waals surface area contributed by atoms with Crippen LogP contribution in [-0.4, -0.2) is 47.4 Å². The molecule has 1 rings (SSSR count). The van der Waals surface area contributed by atoms with Gasteiger partial charge in [-0.3, -0.25) is 14.4 Å². The lowest BCUT2D eigenvalue weighted by Crippen LogP contribution is -2.57. The van der Waals surface area contributed by atoms with Gasteiger partial charge >= 0.3 is 5.97 Å². The highest BCUT2D eigenvalue weighted by Crippen LogP contribution is 2.03. The summed E-state index contributed by atoms with van der Waals surface area (Å²) in [7, 11) is 1.47. The Labute approximate surface area is 74.5 Å². The van der Waals surface area contributed by atoms with Crippen LogP contribution in [0.3, 0.4) is 0 Å². The summed E-state index contributed by atoms with van der Waals surface area (Å²) in [5.41, 5.74) is 0. The van der Waals surface area contributed by atoms with Crippen LogP contribution >= 0.6 is 0 Å². The molecule has 0 aromatic heterocycles. The third-order valence-corrected chi connectivity index (χ3v) is 1.77. The lowest BCUT2D eigenvalue weighted by molar-refractivity contribution is -0.147. The van der Waals surface area contributed by atoms with Gasteiger partial charge in [0.1, 0.15) is 6.04 Å². The summed E-state index contributed by atoms with van der Waals surface area (Å²) in [5.74, 6) is -1.79. The highest BCUT2D eigenvalue weighted by Gasteiger charge is 2.31. The van der Waals surface area contributed by atoms with Gasteiger partial charge in [0.05, 0.1) is 13.0 Å². The van der Waals surface area contributed by atoms with Crippen LogP contribution in [-0.2, 0) is 14.4 Å². The molecule has 1 fully saturated rings. The minimum Gasteiger partial charge on any atom is -0.481 e. The number of hydrogen-bond donors (Lipinski definition) is 2. The largest absolute Gasteiger partial charge is 0.481 e. The fraction of sp³-hybridized carbons (Fsp3) is 0.571. The Balaban J connectivity index is 2.66. The van der Waals surface area contributed by atoms with E-state index < -0.39 is 12.0 Å². The van der Waals surface area contributed by atoms with Crippen LogP contribution in [0.25, 0.3) is 0 Å². The smallest absolute Gasteiger partial charge is 0.305 e. The summed E-state index contributed by atoms with van der Waals surface area (Å²) in [4.78, 5) is 33.7. The standard InChI is InChI=1S/C7H10N2O4/c1-9-3-5(10)8-4(7(9)13)2-6(11)12/h4H,2-3H2,1H3,(H,8,10)(H,11,12)/t4-/m1/s1. The maximum Gasteiger partial charge on any atom is 0.305 e. The second-order valence-electron chi connectivity index (χ2n) is 2.91. The molecule has 1 heterocycles. The van der Waals surface area contributed by atoms with E-state index in [-0.39, 0.29) is 24.8 Å². The molecule has 13 heavy (non-hydrogen) atoms. The first-order valence-corrected chi connectivity index (χ1v) is 3.77. The number of likely N-dealkylation sites (N-methyl/N-ethyl adjacent to an activating group) is 1. The van der Waals surface area contributed by atoms with Crippen LogP contribution < -0.4 is 5.32 Å². The van der Waals surface area contributed by atoms with E-state index >= 15 is 0 Å². The number of aliphatic carboxylic acids is 1. The van der Waals surface area contributed by atoms with Crippen molar-refractivity contribution in [1.29, 1.82) is 0 Å². The predicted octanol–water partition coefficient (Wildman–Crippen LogP) is -1.58. The molecule has 6 heteroatoms. The van der Waals surface area contributed by atoms with Gasteiger partial charge in [-0.15, -0.1) is 0 Å². The zero-order chi connectivity index (χ0) is 10.0. The van der Waals surface area contributed by atoms with Gasteiger partial charge in [0.2, 0.25) is 11.8 Å². The van der Waals surface area contributed by atoms with Gasteiger partial charge < -0.3 is 15.3 Å². The van der Waals surface area contributed by atoms with E-state index in [2.05, 4.69) is 5.32 Å². The molecule has 0 aromatic rings. The summed E-state index contributed by atoms with van der Waals surface area (Å²) < 4.78 is 0. The number of nitrogens with zero attached hydrogens (tertiary/aromatic N) is 1. The SMILES string of the molecule is CN1CC(=O)N[C@H](CC(=O)O)C1=O. The number of hydrogen-bond acceptors (Lipinski definition) is 3. The van der Waals surface area contributed by atoms with Crippen LogP contribution in [0.15, 0.2) is 0 Å². The number of carbonyl (C=O) groups excluding carboxylic acids is 2. The van der Waals surface area contributed by atoms with Crippen LogP contribution in [0.1, 0.15) is 6.42 Å². The number of nitrogens with one attached hydrogen (secondary N) is 1. The molecule has 1 atom stereocenters. The van der Waals surface area contributed by atoms with Crippen LogP contribution in [0.5, 0.6) is 0 Å². The predicted molar refractivity (Wildman–Crippen MR) is 41.8 cm³/mol. The highest BCUT2D eigenvalue weighted by atomic mass is 16.4. The van der Waals surface area contributed by atoms with Crippen molar-refractivity contribution in [3.8, 4) is 0 Å². The van der Waals surface area contributed by atoms with E-state index in [0.29, 0.717) is 0 Å². The zero-order valence-electron chi connectivity index (χ0n) is 7.11. The van der Waals surface area contributed by atoms with Crippen LogP contribution in [0.2, 0.25) is 0 Å². The first-order chi connectivity index (χ1) is 6.00. The molecular formula is C7H10N2O4. The first kappa shape index (κ1) is 9.50. The fourth-order valence-corrected chi connectivity index (χ4v) is 1.17. The molecule has 1 aliphatic heterocycles. The monoisotopic (exact) mass is 186 g/mol. The summed E-state index contributed by atoms with van der Waals surface area (Å²) >= 11 is 0. The van der Waals surface area contributed by atoms with Gasteiger partial charge in [-0.25, -0.2) is 0 Å². The van der Waals surface area contributed by atoms with Gasteiger partial charge in [-0.05, 0) is 0 Å². The van der Waals surface area contributed by atoms with Crippen molar-refractivity contribution in [3.63, 3.8) is 0 Å². The number of piperazine rings is 1. The second kappa shape index (κ2) is 3.42. The van der Waals surface area contributed by atoms with Crippen molar-refractivity contribution in [2.45, 2.75) is 12.5 Å². The maximum absolute atomic E-state index is 11.3. The van der Waals surface area contributed by atoms with E-state index in [1.54, 1.807) is 0 Å². The van der Waals surface area contributed by atoms with E-state index in [1.807, 2.05) is 0 Å². The Morgan fingerprint density at radius 3 is 2.85 bits per heavy atom. The van der Waals surface area contributed by atoms with E-state index in [9.17, 15) is 14.4 Å². The summed E-state index contributed by atoms with van der Waals surface area (Å²) in [6.07, 6.45) is -0.366. The normalized spacial score (nSPS) is 22.8. The lowest BCUT2D eigenvalue weighted by atomic mass is 10.1. The lowest BCUT2D eigenvalue weighted by Gasteiger charge is -2.28. The highest BCUT2D eigenvalue weighted by molar-refractivity contribution is 5.96. The number of carboxylic acids is 1. The van der Waals surface area contributed by atoms with E-state index in [4.69, 9.17) is 5.11 Å². The number of rotatable bonds is 2. The van der Waals surface area contributed by atoms with Crippen molar-refractivity contribution in [2.75, 3.05) is 13.6 Å². The number of amides is 2. The molecule has 0 radical (unpaired) electrons. The van der Waals surface area contributed by atoms with Crippen molar-refractivity contribution < 1.29 is 19.5 Å². The molecule has 72 valence electrons. The molecule has 1 saturated heterocycles. The topological polar surface area (TPSA) is 86.7 Å². The number of carboxylic acid groups (broad SMARTS) is 1.